The van der Waals surface area contributed by atoms with E-state index in [0.29, 0.717) is 11.1 Å². The highest BCUT2D eigenvalue weighted by Gasteiger charge is 2.16. The second kappa shape index (κ2) is 5.19. The van der Waals surface area contributed by atoms with Crippen LogP contribution in [0.25, 0.3) is 21.9 Å². The second-order valence-electron chi connectivity index (χ2n) is 5.20. The fourth-order valence-corrected chi connectivity index (χ4v) is 2.85. The SMILES string of the molecule is Cc1ccccc1-c1c(CO)n(C)c(=O)c2ccccc12. The van der Waals surface area contributed by atoms with Gasteiger partial charge in [-0.05, 0) is 29.5 Å². The molecule has 21 heavy (non-hydrogen) atoms. The van der Waals surface area contributed by atoms with Gasteiger partial charge in [0.1, 0.15) is 0 Å². The van der Waals surface area contributed by atoms with Gasteiger partial charge in [0.2, 0.25) is 0 Å². The van der Waals surface area contributed by atoms with Crippen LogP contribution < -0.4 is 5.56 Å². The molecule has 0 aliphatic carbocycles. The molecule has 0 spiro atoms. The molecule has 0 aliphatic heterocycles. The van der Waals surface area contributed by atoms with Gasteiger partial charge in [0.15, 0.2) is 0 Å². The molecule has 0 saturated heterocycles. The van der Waals surface area contributed by atoms with Gasteiger partial charge >= 0.3 is 0 Å². The van der Waals surface area contributed by atoms with Crippen molar-refractivity contribution in [2.75, 3.05) is 0 Å². The third-order valence-corrected chi connectivity index (χ3v) is 3.99. The number of hydrogen-bond acceptors (Lipinski definition) is 2. The number of pyridine rings is 1. The molecule has 0 saturated carbocycles. The van der Waals surface area contributed by atoms with E-state index < -0.39 is 0 Å². The molecule has 1 aromatic heterocycles. The van der Waals surface area contributed by atoms with Crippen LogP contribution in [0, 0.1) is 6.92 Å². The summed E-state index contributed by atoms with van der Waals surface area (Å²) in [7, 11) is 1.71. The van der Waals surface area contributed by atoms with Crippen molar-refractivity contribution in [3.8, 4) is 11.1 Å². The molecular weight excluding hydrogens is 262 g/mol. The molecule has 3 heteroatoms. The summed E-state index contributed by atoms with van der Waals surface area (Å²) in [5.41, 5.74) is 3.68. The Balaban J connectivity index is 2.55. The van der Waals surface area contributed by atoms with Crippen LogP contribution in [-0.4, -0.2) is 9.67 Å². The Morgan fingerprint density at radius 3 is 2.29 bits per heavy atom. The summed E-state index contributed by atoms with van der Waals surface area (Å²) in [4.78, 5) is 12.4. The molecule has 0 fully saturated rings. The lowest BCUT2D eigenvalue weighted by Gasteiger charge is -2.17. The largest absolute Gasteiger partial charge is 0.390 e. The Labute approximate surface area is 123 Å². The molecule has 0 unspecified atom stereocenters. The quantitative estimate of drug-likeness (QED) is 0.783. The van der Waals surface area contributed by atoms with E-state index in [4.69, 9.17) is 0 Å². The molecule has 3 nitrogen and oxygen atoms in total. The van der Waals surface area contributed by atoms with Crippen LogP contribution in [0.2, 0.25) is 0 Å². The lowest BCUT2D eigenvalue weighted by molar-refractivity contribution is 0.272. The Bertz CT molecular complexity index is 878. The van der Waals surface area contributed by atoms with E-state index in [9.17, 15) is 9.90 Å². The van der Waals surface area contributed by atoms with Crippen LogP contribution in [0.3, 0.4) is 0 Å². The normalized spacial score (nSPS) is 11.0. The first-order valence-corrected chi connectivity index (χ1v) is 6.92. The monoisotopic (exact) mass is 279 g/mol. The summed E-state index contributed by atoms with van der Waals surface area (Å²) < 4.78 is 1.55. The van der Waals surface area contributed by atoms with E-state index in [1.807, 2.05) is 55.5 Å². The van der Waals surface area contributed by atoms with Crippen LogP contribution in [0.5, 0.6) is 0 Å². The minimum absolute atomic E-state index is 0.0769. The van der Waals surface area contributed by atoms with Crippen molar-refractivity contribution in [2.45, 2.75) is 13.5 Å². The van der Waals surface area contributed by atoms with Gasteiger partial charge in [-0.3, -0.25) is 4.79 Å². The van der Waals surface area contributed by atoms with E-state index in [0.717, 1.165) is 22.1 Å². The molecule has 1 heterocycles. The first kappa shape index (κ1) is 13.6. The maximum Gasteiger partial charge on any atom is 0.258 e. The van der Waals surface area contributed by atoms with Gasteiger partial charge < -0.3 is 9.67 Å². The van der Waals surface area contributed by atoms with E-state index in [1.54, 1.807) is 11.6 Å². The summed E-state index contributed by atoms with van der Waals surface area (Å²) in [5, 5.41) is 11.3. The smallest absolute Gasteiger partial charge is 0.258 e. The van der Waals surface area contributed by atoms with Gasteiger partial charge in [-0.1, -0.05) is 42.5 Å². The van der Waals surface area contributed by atoms with E-state index in [2.05, 4.69) is 0 Å². The van der Waals surface area contributed by atoms with Gasteiger partial charge in [0.05, 0.1) is 12.3 Å². The lowest BCUT2D eigenvalue weighted by atomic mass is 9.94. The summed E-state index contributed by atoms with van der Waals surface area (Å²) >= 11 is 0. The number of rotatable bonds is 2. The molecule has 0 amide bonds. The summed E-state index contributed by atoms with van der Waals surface area (Å²) in [6, 6.07) is 15.6. The highest BCUT2D eigenvalue weighted by molar-refractivity contribution is 5.97. The predicted octanol–water partition coefficient (Wildman–Crippen LogP) is 3.01. The van der Waals surface area contributed by atoms with Crippen LogP contribution in [-0.2, 0) is 13.7 Å². The third kappa shape index (κ3) is 2.06. The van der Waals surface area contributed by atoms with Gasteiger partial charge in [0, 0.05) is 18.0 Å². The van der Waals surface area contributed by atoms with Crippen LogP contribution in [0.15, 0.2) is 53.3 Å². The Morgan fingerprint density at radius 1 is 1.00 bits per heavy atom. The Kier molecular flexibility index (Phi) is 3.35. The van der Waals surface area contributed by atoms with E-state index in [-0.39, 0.29) is 12.2 Å². The Hall–Kier alpha value is -2.39. The highest BCUT2D eigenvalue weighted by atomic mass is 16.3. The molecule has 0 radical (unpaired) electrons. The van der Waals surface area contributed by atoms with Gasteiger partial charge in [0.25, 0.3) is 5.56 Å². The van der Waals surface area contributed by atoms with E-state index in [1.165, 1.54) is 0 Å². The fourth-order valence-electron chi connectivity index (χ4n) is 2.85. The number of aliphatic hydroxyl groups excluding tert-OH is 1. The predicted molar refractivity (Wildman–Crippen MR) is 85.3 cm³/mol. The zero-order chi connectivity index (χ0) is 15.0. The van der Waals surface area contributed by atoms with Crippen molar-refractivity contribution >= 4 is 10.8 Å². The van der Waals surface area contributed by atoms with E-state index >= 15 is 0 Å². The molecule has 1 N–H and O–H groups in total. The maximum absolute atomic E-state index is 12.4. The molecule has 106 valence electrons. The number of aryl methyl sites for hydroxylation is 1. The molecule has 0 aliphatic rings. The number of fused-ring (bicyclic) bond motifs is 1. The number of nitrogens with zero attached hydrogens (tertiary/aromatic N) is 1. The highest BCUT2D eigenvalue weighted by Crippen LogP contribution is 2.32. The number of benzene rings is 2. The number of hydrogen-bond donors (Lipinski definition) is 1. The van der Waals surface area contributed by atoms with Gasteiger partial charge in [-0.2, -0.15) is 0 Å². The van der Waals surface area contributed by atoms with Crippen molar-refractivity contribution in [2.24, 2.45) is 7.05 Å². The molecule has 0 bridgehead atoms. The maximum atomic E-state index is 12.4. The van der Waals surface area contributed by atoms with Crippen LogP contribution >= 0.6 is 0 Å². The molecule has 0 atom stereocenters. The van der Waals surface area contributed by atoms with Crippen molar-refractivity contribution in [3.63, 3.8) is 0 Å². The van der Waals surface area contributed by atoms with Crippen molar-refractivity contribution in [1.29, 1.82) is 0 Å². The Morgan fingerprint density at radius 2 is 1.62 bits per heavy atom. The average molecular weight is 279 g/mol. The summed E-state index contributed by atoms with van der Waals surface area (Å²) in [6.45, 7) is 1.87. The van der Waals surface area contributed by atoms with Crippen molar-refractivity contribution in [3.05, 3.63) is 70.1 Å². The first-order chi connectivity index (χ1) is 10.1. The molecular formula is C18H17NO2. The molecule has 3 aromatic rings. The van der Waals surface area contributed by atoms with Gasteiger partial charge in [-0.25, -0.2) is 0 Å². The summed E-state index contributed by atoms with van der Waals surface area (Å²) in [5.74, 6) is 0. The van der Waals surface area contributed by atoms with Crippen LogP contribution in [0.1, 0.15) is 11.3 Å². The number of aliphatic hydroxyl groups is 1. The van der Waals surface area contributed by atoms with Crippen molar-refractivity contribution in [1.82, 2.24) is 4.57 Å². The topological polar surface area (TPSA) is 42.2 Å². The zero-order valence-electron chi connectivity index (χ0n) is 12.1. The average Bonchev–Trinajstić information content (AvgIpc) is 2.51. The minimum atomic E-state index is -0.166. The van der Waals surface area contributed by atoms with Gasteiger partial charge in [-0.15, -0.1) is 0 Å². The standard InChI is InChI=1S/C18H17NO2/c1-12-7-3-4-8-13(12)17-14-9-5-6-10-15(14)18(21)19(2)16(17)11-20/h3-10,20H,11H2,1-2H3. The molecule has 2 aromatic carbocycles. The zero-order valence-corrected chi connectivity index (χ0v) is 12.1. The van der Waals surface area contributed by atoms with Crippen molar-refractivity contribution < 1.29 is 5.11 Å². The summed E-state index contributed by atoms with van der Waals surface area (Å²) in [6.07, 6.45) is 0. The third-order valence-electron chi connectivity index (χ3n) is 3.99. The number of aromatic nitrogens is 1. The second-order valence-corrected chi connectivity index (χ2v) is 5.20. The first-order valence-electron chi connectivity index (χ1n) is 6.92. The fraction of sp³-hybridized carbons (Fsp3) is 0.167. The molecule has 3 rings (SSSR count). The minimum Gasteiger partial charge on any atom is -0.390 e. The lowest BCUT2D eigenvalue weighted by Crippen LogP contribution is -2.22. The van der Waals surface area contributed by atoms with Crippen LogP contribution in [0.4, 0.5) is 0 Å².